The van der Waals surface area contributed by atoms with Crippen molar-refractivity contribution in [1.29, 1.82) is 0 Å². The maximum atomic E-state index is 13.2. The van der Waals surface area contributed by atoms with E-state index in [0.717, 1.165) is 18.7 Å². The van der Waals surface area contributed by atoms with Gasteiger partial charge in [0.05, 0.1) is 24.3 Å². The number of carbonyl (C=O) groups is 2. The maximum absolute atomic E-state index is 13.2. The molecule has 1 amide bonds. The fourth-order valence-electron chi connectivity index (χ4n) is 4.28. The van der Waals surface area contributed by atoms with Gasteiger partial charge in [-0.25, -0.2) is 0 Å². The van der Waals surface area contributed by atoms with Gasteiger partial charge < -0.3 is 24.4 Å². The molecule has 3 rings (SSSR count). The van der Waals surface area contributed by atoms with Gasteiger partial charge in [-0.05, 0) is 75.8 Å². The van der Waals surface area contributed by atoms with Crippen molar-refractivity contribution in [2.24, 2.45) is 0 Å². The van der Waals surface area contributed by atoms with Gasteiger partial charge in [0.25, 0.3) is 11.7 Å². The first-order valence-corrected chi connectivity index (χ1v) is 12.3. The maximum Gasteiger partial charge on any atom is 0.295 e. The van der Waals surface area contributed by atoms with Crippen molar-refractivity contribution < 1.29 is 24.2 Å². The molecule has 1 unspecified atom stereocenters. The number of ether oxygens (including phenoxy) is 2. The van der Waals surface area contributed by atoms with Crippen LogP contribution in [0.25, 0.3) is 5.76 Å². The minimum absolute atomic E-state index is 0.0187. The van der Waals surface area contributed by atoms with Crippen molar-refractivity contribution in [3.63, 3.8) is 0 Å². The number of ketones is 1. The zero-order chi connectivity index (χ0) is 25.5. The first-order valence-electron chi connectivity index (χ1n) is 12.3. The van der Waals surface area contributed by atoms with E-state index < -0.39 is 17.7 Å². The summed E-state index contributed by atoms with van der Waals surface area (Å²) >= 11 is 0. The Hall–Kier alpha value is -3.32. The summed E-state index contributed by atoms with van der Waals surface area (Å²) in [6.07, 6.45) is 0.0187. The summed E-state index contributed by atoms with van der Waals surface area (Å²) in [7, 11) is 0. The van der Waals surface area contributed by atoms with Crippen LogP contribution >= 0.6 is 0 Å². The molecule has 1 aliphatic rings. The predicted octanol–water partition coefficient (Wildman–Crippen LogP) is 4.64. The highest BCUT2D eigenvalue weighted by Gasteiger charge is 2.46. The summed E-state index contributed by atoms with van der Waals surface area (Å²) in [5.74, 6) is -0.0965. The molecule has 7 heteroatoms. The second-order valence-electron chi connectivity index (χ2n) is 8.71. The third-order valence-corrected chi connectivity index (χ3v) is 6.10. The number of hydrogen-bond acceptors (Lipinski definition) is 6. The van der Waals surface area contributed by atoms with E-state index in [-0.39, 0.29) is 17.4 Å². The van der Waals surface area contributed by atoms with E-state index in [1.165, 1.54) is 0 Å². The van der Waals surface area contributed by atoms with Crippen LogP contribution in [0.2, 0.25) is 0 Å². The highest BCUT2D eigenvalue weighted by atomic mass is 16.5. The zero-order valence-corrected chi connectivity index (χ0v) is 21.3. The van der Waals surface area contributed by atoms with Crippen molar-refractivity contribution in [2.75, 3.05) is 32.8 Å². The number of benzene rings is 2. The third-order valence-electron chi connectivity index (χ3n) is 6.10. The summed E-state index contributed by atoms with van der Waals surface area (Å²) < 4.78 is 11.2. The molecule has 0 aromatic heterocycles. The molecule has 35 heavy (non-hydrogen) atoms. The smallest absolute Gasteiger partial charge is 0.295 e. The van der Waals surface area contributed by atoms with Crippen LogP contribution < -0.4 is 9.47 Å². The van der Waals surface area contributed by atoms with Gasteiger partial charge in [0.2, 0.25) is 0 Å². The molecular formula is C28H36N2O5. The molecule has 2 aromatic rings. The van der Waals surface area contributed by atoms with E-state index in [0.29, 0.717) is 36.8 Å². The molecule has 1 aliphatic heterocycles. The van der Waals surface area contributed by atoms with E-state index >= 15 is 0 Å². The minimum atomic E-state index is -0.687. The molecule has 7 nitrogen and oxygen atoms in total. The number of aliphatic hydroxyl groups excluding tert-OH is 1. The average Bonchev–Trinajstić information content (AvgIpc) is 3.10. The van der Waals surface area contributed by atoms with Gasteiger partial charge in [-0.1, -0.05) is 26.0 Å². The second kappa shape index (κ2) is 11.9. The highest BCUT2D eigenvalue weighted by molar-refractivity contribution is 6.46. The van der Waals surface area contributed by atoms with E-state index in [1.807, 2.05) is 45.0 Å². The Bertz CT molecular complexity index is 1040. The second-order valence-corrected chi connectivity index (χ2v) is 8.71. The molecule has 1 atom stereocenters. The van der Waals surface area contributed by atoms with Crippen molar-refractivity contribution in [1.82, 2.24) is 9.80 Å². The molecule has 0 spiro atoms. The number of hydrogen-bond donors (Lipinski definition) is 1. The molecule has 0 radical (unpaired) electrons. The number of nitrogens with zero attached hydrogens (tertiary/aromatic N) is 2. The molecule has 188 valence electrons. The topological polar surface area (TPSA) is 79.3 Å². The lowest BCUT2D eigenvalue weighted by molar-refractivity contribution is -0.140. The summed E-state index contributed by atoms with van der Waals surface area (Å²) in [4.78, 5) is 30.1. The normalized spacial score (nSPS) is 17.5. The first kappa shape index (κ1) is 26.3. The number of rotatable bonds is 11. The van der Waals surface area contributed by atoms with Gasteiger partial charge in [-0.3, -0.25) is 9.59 Å². The number of Topliss-reactive ketones (excluding diaryl/α,β-unsaturated/α-hetero) is 1. The number of amides is 1. The van der Waals surface area contributed by atoms with Gasteiger partial charge in [0.15, 0.2) is 0 Å². The van der Waals surface area contributed by atoms with E-state index in [4.69, 9.17) is 9.47 Å². The lowest BCUT2D eigenvalue weighted by Gasteiger charge is -2.28. The van der Waals surface area contributed by atoms with Crippen molar-refractivity contribution in [3.05, 3.63) is 65.2 Å². The molecule has 1 heterocycles. The Morgan fingerprint density at radius 2 is 1.57 bits per heavy atom. The van der Waals surface area contributed by atoms with Crippen LogP contribution in [0, 0.1) is 0 Å². The standard InChI is InChI=1S/C28H36N2O5/c1-6-29(7-2)17-18-30-25(20-9-13-22(14-10-20)34-8-3)24(27(32)28(30)33)26(31)21-11-15-23(16-12-21)35-19(4)5/h9-16,19,25,31H,6-8,17-18H2,1-5H3/b26-24-. The Morgan fingerprint density at radius 1 is 0.971 bits per heavy atom. The van der Waals surface area contributed by atoms with Crippen LogP contribution in [0.15, 0.2) is 54.1 Å². The summed E-state index contributed by atoms with van der Waals surface area (Å²) in [5, 5.41) is 11.2. The number of likely N-dealkylation sites (tertiary alicyclic amines) is 1. The quantitative estimate of drug-likeness (QED) is 0.287. The fraction of sp³-hybridized carbons (Fsp3) is 0.429. The number of likely N-dealkylation sites (N-methyl/N-ethyl adjacent to an activating group) is 1. The fourth-order valence-corrected chi connectivity index (χ4v) is 4.28. The van der Waals surface area contributed by atoms with Crippen molar-refractivity contribution in [3.8, 4) is 11.5 Å². The monoisotopic (exact) mass is 480 g/mol. The molecule has 1 fully saturated rings. The highest BCUT2D eigenvalue weighted by Crippen LogP contribution is 2.40. The van der Waals surface area contributed by atoms with Crippen LogP contribution in [0.3, 0.4) is 0 Å². The summed E-state index contributed by atoms with van der Waals surface area (Å²) in [6, 6.07) is 13.5. The number of carbonyl (C=O) groups excluding carboxylic acids is 2. The van der Waals surface area contributed by atoms with Crippen LogP contribution in [0.1, 0.15) is 51.8 Å². The molecule has 0 saturated carbocycles. The van der Waals surface area contributed by atoms with Crippen LogP contribution in [-0.2, 0) is 9.59 Å². The average molecular weight is 481 g/mol. The summed E-state index contributed by atoms with van der Waals surface area (Å²) in [5.41, 5.74) is 1.29. The molecule has 1 saturated heterocycles. The Morgan fingerprint density at radius 3 is 2.11 bits per heavy atom. The Balaban J connectivity index is 2.04. The van der Waals surface area contributed by atoms with E-state index in [1.54, 1.807) is 29.2 Å². The molecule has 2 aromatic carbocycles. The Labute approximate surface area is 207 Å². The first-order chi connectivity index (χ1) is 16.8. The Kier molecular flexibility index (Phi) is 8.93. The van der Waals surface area contributed by atoms with E-state index in [2.05, 4.69) is 18.7 Å². The zero-order valence-electron chi connectivity index (χ0n) is 21.3. The lowest BCUT2D eigenvalue weighted by Crippen LogP contribution is -2.38. The molecule has 0 bridgehead atoms. The SMILES string of the molecule is CCOc1ccc(C2/C(=C(/O)c3ccc(OC(C)C)cc3)C(=O)C(=O)N2CCN(CC)CC)cc1. The largest absolute Gasteiger partial charge is 0.507 e. The van der Waals surface area contributed by atoms with Crippen LogP contribution in [-0.4, -0.2) is 65.5 Å². The van der Waals surface area contributed by atoms with Gasteiger partial charge >= 0.3 is 0 Å². The van der Waals surface area contributed by atoms with Crippen LogP contribution in [0.5, 0.6) is 11.5 Å². The molecular weight excluding hydrogens is 444 g/mol. The molecule has 0 aliphatic carbocycles. The molecule has 1 N–H and O–H groups in total. The van der Waals surface area contributed by atoms with Crippen molar-refractivity contribution >= 4 is 17.4 Å². The van der Waals surface area contributed by atoms with Gasteiger partial charge in [0, 0.05) is 18.7 Å². The lowest BCUT2D eigenvalue weighted by atomic mass is 9.95. The number of aliphatic hydroxyl groups is 1. The van der Waals surface area contributed by atoms with Gasteiger partial charge in [-0.15, -0.1) is 0 Å². The van der Waals surface area contributed by atoms with Gasteiger partial charge in [-0.2, -0.15) is 0 Å². The van der Waals surface area contributed by atoms with E-state index in [9.17, 15) is 14.7 Å². The third kappa shape index (κ3) is 6.03. The van der Waals surface area contributed by atoms with Crippen molar-refractivity contribution in [2.45, 2.75) is 46.8 Å². The summed E-state index contributed by atoms with van der Waals surface area (Å²) in [6.45, 7) is 13.2. The van der Waals surface area contributed by atoms with Crippen LogP contribution in [0.4, 0.5) is 0 Å². The van der Waals surface area contributed by atoms with Gasteiger partial charge in [0.1, 0.15) is 17.3 Å². The predicted molar refractivity (Wildman–Crippen MR) is 137 cm³/mol. The minimum Gasteiger partial charge on any atom is -0.507 e.